The highest BCUT2D eigenvalue weighted by Gasteiger charge is 2.92. The maximum Gasteiger partial charge on any atom is 0.460 e. The van der Waals surface area contributed by atoms with Gasteiger partial charge in [-0.1, -0.05) is 12.1 Å². The lowest BCUT2D eigenvalue weighted by atomic mass is 9.89. The van der Waals surface area contributed by atoms with E-state index in [0.29, 0.717) is 24.3 Å². The Balaban J connectivity index is 2.46. The number of halogens is 26. The maximum atomic E-state index is 14.5. The minimum absolute atomic E-state index is 0.317. The summed E-state index contributed by atoms with van der Waals surface area (Å²) < 4.78 is 360. The lowest BCUT2D eigenvalue weighted by Gasteiger charge is -2.40. The molecule has 3 nitrogen and oxygen atoms in total. The van der Waals surface area contributed by atoms with Crippen molar-refractivity contribution in [3.8, 4) is 5.75 Å². The van der Waals surface area contributed by atoms with E-state index in [1.165, 1.54) is 0 Å². The van der Waals surface area contributed by atoms with E-state index in [0.717, 1.165) is 0 Å². The first-order valence-electron chi connectivity index (χ1n) is 13.5. The van der Waals surface area contributed by atoms with E-state index in [4.69, 9.17) is 9.47 Å². The van der Waals surface area contributed by atoms with E-state index in [1.807, 2.05) is 0 Å². The van der Waals surface area contributed by atoms with Crippen molar-refractivity contribution in [1.29, 1.82) is 0 Å². The van der Waals surface area contributed by atoms with Gasteiger partial charge in [-0.15, -0.1) is 0 Å². The fourth-order valence-electron chi connectivity index (χ4n) is 4.46. The van der Waals surface area contributed by atoms with Gasteiger partial charge in [0.05, 0.1) is 12.7 Å². The molecule has 0 saturated carbocycles. The maximum absolute atomic E-state index is 14.5. The third kappa shape index (κ3) is 7.04. The van der Waals surface area contributed by atoms with Crippen LogP contribution in [0.4, 0.5) is 114 Å². The van der Waals surface area contributed by atoms with Crippen LogP contribution in [0.25, 0.3) is 0 Å². The van der Waals surface area contributed by atoms with E-state index < -0.39 is 127 Å². The molecule has 1 heterocycles. The number of rotatable bonds is 15. The topological polar surface area (TPSA) is 38.7 Å². The van der Waals surface area contributed by atoms with Gasteiger partial charge in [0, 0.05) is 24.8 Å². The molecule has 316 valence electrons. The molecule has 1 N–H and O–H groups in total. The second kappa shape index (κ2) is 13.4. The molecule has 0 radical (unpaired) electrons. The molecule has 0 spiro atoms. The quantitative estimate of drug-likeness (QED) is 0.179. The van der Waals surface area contributed by atoms with Crippen molar-refractivity contribution in [3.05, 3.63) is 29.8 Å². The van der Waals surface area contributed by atoms with E-state index in [2.05, 4.69) is 0 Å². The van der Waals surface area contributed by atoms with E-state index in [1.54, 1.807) is 0 Å². The first kappa shape index (κ1) is 47.3. The van der Waals surface area contributed by atoms with E-state index in [9.17, 15) is 119 Å². The number of hydrogen-bond acceptors (Lipinski definition) is 3. The highest BCUT2D eigenvalue weighted by Crippen LogP contribution is 2.63. The molecule has 0 amide bonds. The van der Waals surface area contributed by atoms with Gasteiger partial charge in [0.15, 0.2) is 5.79 Å². The highest BCUT2D eigenvalue weighted by molar-refractivity contribution is 5.31. The Bertz CT molecular complexity index is 1480. The second-order valence-corrected chi connectivity index (χ2v) is 11.4. The number of phenols is 1. The summed E-state index contributed by atoms with van der Waals surface area (Å²) in [7, 11) is 0. The van der Waals surface area contributed by atoms with Crippen molar-refractivity contribution < 1.29 is 129 Å². The predicted octanol–water partition coefficient (Wildman–Crippen LogP) is 11.0. The lowest BCUT2D eigenvalue weighted by Crippen LogP contribution is -2.70. The van der Waals surface area contributed by atoms with Crippen LogP contribution in [0, 0.1) is 0 Å². The largest absolute Gasteiger partial charge is 0.508 e. The number of hydrogen-bond donors (Lipinski definition) is 1. The molecule has 1 saturated heterocycles. The van der Waals surface area contributed by atoms with Gasteiger partial charge in [-0.2, -0.15) is 114 Å². The second-order valence-electron chi connectivity index (χ2n) is 11.4. The highest BCUT2D eigenvalue weighted by atomic mass is 19.4. The zero-order valence-electron chi connectivity index (χ0n) is 25.0. The van der Waals surface area contributed by atoms with Crippen LogP contribution in [0.3, 0.4) is 0 Å². The summed E-state index contributed by atoms with van der Waals surface area (Å²) in [6.07, 6.45) is -28.4. The molecule has 29 heteroatoms. The molecule has 1 aromatic carbocycles. The first-order chi connectivity index (χ1) is 23.5. The zero-order chi connectivity index (χ0) is 43.0. The average molecular weight is 858 g/mol. The number of benzene rings is 1. The number of alkyl halides is 26. The SMILES string of the molecule is Oc1cccc(C2(CCC(F)(F)C(F)(F)C(F)(F)C(F)(F)C(F)(F)C(F)(F)F)OCC(CCC(F)(F)C(F)(F)C(F)(F)C(F)(F)C(F)(F)C(F)(F)F)O2)c1. The number of phenolic OH excluding ortho intramolecular Hbond substituents is 1. The third-order valence-corrected chi connectivity index (χ3v) is 7.69. The summed E-state index contributed by atoms with van der Waals surface area (Å²) in [5, 5.41) is 9.64. The van der Waals surface area contributed by atoms with Gasteiger partial charge in [0.2, 0.25) is 0 Å². The van der Waals surface area contributed by atoms with Crippen molar-refractivity contribution in [3.63, 3.8) is 0 Å². The molecule has 2 rings (SSSR count). The van der Waals surface area contributed by atoms with Gasteiger partial charge >= 0.3 is 71.6 Å². The molecule has 1 aromatic rings. The molecule has 54 heavy (non-hydrogen) atoms. The van der Waals surface area contributed by atoms with Gasteiger partial charge in [-0.25, -0.2) is 0 Å². The Kier molecular flexibility index (Phi) is 11.7. The van der Waals surface area contributed by atoms with Crippen LogP contribution in [-0.2, 0) is 15.3 Å². The van der Waals surface area contributed by atoms with Crippen LogP contribution in [0.15, 0.2) is 24.3 Å². The standard InChI is InChI=1S/C25H16F26O3/c26-14(27,16(30,31)18(34,35)20(38,39)22(42,43)24(46,47)48)5-4-12-9-53-13(54-12,10-2-1-3-11(52)8-10)6-7-15(28,29)17(32,33)19(36,37)21(40,41)23(44,45)25(49,50)51/h1-3,8,12,52H,4-7,9H2. The van der Waals surface area contributed by atoms with Crippen molar-refractivity contribution in [1.82, 2.24) is 0 Å². The van der Waals surface area contributed by atoms with Crippen LogP contribution < -0.4 is 0 Å². The molecular weight excluding hydrogens is 842 g/mol. The number of ether oxygens (including phenoxy) is 2. The lowest BCUT2D eigenvalue weighted by molar-refractivity contribution is -0.440. The van der Waals surface area contributed by atoms with Crippen molar-refractivity contribution in [2.75, 3.05) is 6.61 Å². The Morgan fingerprint density at radius 1 is 0.519 bits per heavy atom. The van der Waals surface area contributed by atoms with E-state index >= 15 is 0 Å². The fourth-order valence-corrected chi connectivity index (χ4v) is 4.46. The molecule has 0 bridgehead atoms. The van der Waals surface area contributed by atoms with Gasteiger partial charge in [0.25, 0.3) is 0 Å². The molecule has 2 unspecified atom stereocenters. The molecule has 1 aliphatic rings. The number of aromatic hydroxyl groups is 1. The Hall–Kier alpha value is -2.88. The summed E-state index contributed by atoms with van der Waals surface area (Å²) in [4.78, 5) is 0. The summed E-state index contributed by atoms with van der Waals surface area (Å²) >= 11 is 0. The van der Waals surface area contributed by atoms with Gasteiger partial charge in [0.1, 0.15) is 5.75 Å². The van der Waals surface area contributed by atoms with Crippen molar-refractivity contribution in [2.45, 2.75) is 109 Å². The Labute approximate surface area is 281 Å². The minimum Gasteiger partial charge on any atom is -0.508 e. The summed E-state index contributed by atoms with van der Waals surface area (Å²) in [6.45, 7) is -1.55. The smallest absolute Gasteiger partial charge is 0.460 e. The first-order valence-corrected chi connectivity index (χ1v) is 13.5. The molecule has 2 atom stereocenters. The van der Waals surface area contributed by atoms with Crippen LogP contribution in [0.5, 0.6) is 5.75 Å². The van der Waals surface area contributed by atoms with Crippen LogP contribution >= 0.6 is 0 Å². The molecular formula is C25H16F26O3. The summed E-state index contributed by atoms with van der Waals surface area (Å²) in [6, 6.07) is 2.21. The van der Waals surface area contributed by atoms with Crippen LogP contribution in [0.2, 0.25) is 0 Å². The predicted molar refractivity (Wildman–Crippen MR) is 121 cm³/mol. The Morgan fingerprint density at radius 3 is 1.26 bits per heavy atom. The van der Waals surface area contributed by atoms with Crippen LogP contribution in [-0.4, -0.2) is 89.4 Å². The average Bonchev–Trinajstić information content (AvgIpc) is 3.42. The third-order valence-electron chi connectivity index (χ3n) is 7.69. The molecule has 0 aliphatic carbocycles. The molecule has 0 aromatic heterocycles. The van der Waals surface area contributed by atoms with Gasteiger partial charge in [-0.3, -0.25) is 0 Å². The Morgan fingerprint density at radius 2 is 0.889 bits per heavy atom. The van der Waals surface area contributed by atoms with Crippen LogP contribution in [0.1, 0.15) is 31.2 Å². The minimum atomic E-state index is -8.32. The molecule has 1 fully saturated rings. The fraction of sp³-hybridized carbons (Fsp3) is 0.760. The normalized spacial score (nSPS) is 21.2. The van der Waals surface area contributed by atoms with Gasteiger partial charge < -0.3 is 14.6 Å². The van der Waals surface area contributed by atoms with E-state index in [-0.39, 0.29) is 0 Å². The monoisotopic (exact) mass is 858 g/mol. The molecule has 1 aliphatic heterocycles. The summed E-state index contributed by atoms with van der Waals surface area (Å²) in [5.74, 6) is -83.0. The van der Waals surface area contributed by atoms with Crippen molar-refractivity contribution in [2.24, 2.45) is 0 Å². The van der Waals surface area contributed by atoms with Crippen molar-refractivity contribution >= 4 is 0 Å². The zero-order valence-corrected chi connectivity index (χ0v) is 25.0. The van der Waals surface area contributed by atoms with Gasteiger partial charge in [-0.05, 0) is 18.6 Å². The summed E-state index contributed by atoms with van der Waals surface area (Å²) in [5.41, 5.74) is -1.01.